The minimum absolute atomic E-state index is 0. The van der Waals surface area contributed by atoms with Crippen molar-refractivity contribution in [3.63, 3.8) is 0 Å². The van der Waals surface area contributed by atoms with E-state index in [4.69, 9.17) is 5.11 Å². The molecule has 2 nitrogen and oxygen atoms in total. The fourth-order valence-electron chi connectivity index (χ4n) is 0.529. The summed E-state index contributed by atoms with van der Waals surface area (Å²) < 4.78 is 0. The summed E-state index contributed by atoms with van der Waals surface area (Å²) in [6, 6.07) is 8.87. The second-order valence-electron chi connectivity index (χ2n) is 1.59. The van der Waals surface area contributed by atoms with Crippen LogP contribution in [0.1, 0.15) is 24.2 Å². The molecule has 1 aromatic carbocycles. The summed E-state index contributed by atoms with van der Waals surface area (Å²) in [6.07, 6.45) is 0. The van der Waals surface area contributed by atoms with Gasteiger partial charge < -0.3 is 5.11 Å². The van der Waals surface area contributed by atoms with Crippen LogP contribution in [0, 0.1) is 6.07 Å². The van der Waals surface area contributed by atoms with Crippen molar-refractivity contribution in [1.82, 2.24) is 0 Å². The molecule has 0 amide bonds. The molecule has 0 aromatic heterocycles. The topological polar surface area (TPSA) is 37.3 Å². The predicted molar refractivity (Wildman–Crippen MR) is 43.6 cm³/mol. The van der Waals surface area contributed by atoms with Crippen LogP contribution in [0.4, 0.5) is 0 Å². The van der Waals surface area contributed by atoms with Gasteiger partial charge in [0.15, 0.2) is 0 Å². The molecular weight excluding hydrogens is 179 g/mol. The maximum absolute atomic E-state index is 10.2. The van der Waals surface area contributed by atoms with E-state index in [1.807, 2.05) is 13.8 Å². The minimum Gasteiger partial charge on any atom is -0.479 e. The molecule has 1 N–H and O–H groups in total. The first-order valence-corrected chi connectivity index (χ1v) is 3.50. The average Bonchev–Trinajstić information content (AvgIpc) is 2.10. The Hall–Kier alpha value is 0.326. The smallest absolute Gasteiger partial charge is 0.479 e. The van der Waals surface area contributed by atoms with Gasteiger partial charge in [0.1, 0.15) is 0 Å². The quantitative estimate of drug-likeness (QED) is 0.466. The van der Waals surface area contributed by atoms with Crippen LogP contribution in [0.25, 0.3) is 0 Å². The third-order valence-corrected chi connectivity index (χ3v) is 0.965. The Labute approximate surface area is 115 Å². The molecule has 1 rings (SSSR count). The molecule has 0 bridgehead atoms. The summed E-state index contributed by atoms with van der Waals surface area (Å²) in [5.41, 5.74) is 0.300. The van der Waals surface area contributed by atoms with E-state index in [0.29, 0.717) is 5.56 Å². The van der Waals surface area contributed by atoms with E-state index in [2.05, 4.69) is 6.07 Å². The molecule has 0 unspecified atom stereocenters. The van der Waals surface area contributed by atoms with Crippen LogP contribution in [-0.4, -0.2) is 11.1 Å². The zero-order valence-corrected chi connectivity index (χ0v) is 10.8. The van der Waals surface area contributed by atoms with Crippen LogP contribution in [-0.2, 0) is 0 Å². The fourth-order valence-corrected chi connectivity index (χ4v) is 0.529. The van der Waals surface area contributed by atoms with E-state index < -0.39 is 5.97 Å². The van der Waals surface area contributed by atoms with Crippen molar-refractivity contribution in [1.29, 1.82) is 0 Å². The van der Waals surface area contributed by atoms with Crippen molar-refractivity contribution in [2.75, 3.05) is 0 Å². The Morgan fingerprint density at radius 2 is 1.75 bits per heavy atom. The van der Waals surface area contributed by atoms with Gasteiger partial charge in [-0.1, -0.05) is 13.8 Å². The molecule has 0 saturated carbocycles. The van der Waals surface area contributed by atoms with E-state index in [1.54, 1.807) is 12.1 Å². The van der Waals surface area contributed by atoms with Crippen LogP contribution in [0.5, 0.6) is 0 Å². The average molecular weight is 190 g/mol. The first kappa shape index (κ1) is 14.8. The van der Waals surface area contributed by atoms with Crippen LogP contribution in [0.2, 0.25) is 0 Å². The Bertz CT molecular complexity index is 209. The van der Waals surface area contributed by atoms with Crippen LogP contribution in [0.15, 0.2) is 24.3 Å². The maximum atomic E-state index is 10.2. The SMILES string of the molecule is CC.O=C(O)c1cc[c-]cc1.[K+]. The Morgan fingerprint density at radius 3 is 2.00 bits per heavy atom. The summed E-state index contributed by atoms with van der Waals surface area (Å²) >= 11 is 0. The van der Waals surface area contributed by atoms with Crippen LogP contribution in [0.3, 0.4) is 0 Å². The number of carboxylic acid groups (broad SMARTS) is 1. The van der Waals surface area contributed by atoms with E-state index in [-0.39, 0.29) is 51.4 Å². The molecule has 1 aromatic rings. The van der Waals surface area contributed by atoms with Gasteiger partial charge in [0.05, 0.1) is 0 Å². The Kier molecular flexibility index (Phi) is 11.6. The molecule has 0 saturated heterocycles. The summed E-state index contributed by atoms with van der Waals surface area (Å²) in [7, 11) is 0. The first-order chi connectivity index (χ1) is 5.30. The molecule has 0 spiro atoms. The largest absolute Gasteiger partial charge is 1.00 e. The zero-order chi connectivity index (χ0) is 8.69. The van der Waals surface area contributed by atoms with Crippen molar-refractivity contribution in [2.45, 2.75) is 13.8 Å². The van der Waals surface area contributed by atoms with E-state index in [1.165, 1.54) is 12.1 Å². The molecule has 0 radical (unpaired) electrons. The number of aromatic carboxylic acids is 1. The van der Waals surface area contributed by atoms with Crippen molar-refractivity contribution in [3.8, 4) is 0 Å². The third-order valence-electron chi connectivity index (χ3n) is 0.965. The molecule has 0 aliphatic heterocycles. The van der Waals surface area contributed by atoms with Gasteiger partial charge in [0.2, 0.25) is 0 Å². The third kappa shape index (κ3) is 5.91. The minimum atomic E-state index is -0.899. The molecule has 0 aliphatic rings. The van der Waals surface area contributed by atoms with Gasteiger partial charge >= 0.3 is 57.4 Å². The van der Waals surface area contributed by atoms with Crippen molar-refractivity contribution in [2.24, 2.45) is 0 Å². The van der Waals surface area contributed by atoms with E-state index in [0.717, 1.165) is 0 Å². The van der Waals surface area contributed by atoms with Crippen molar-refractivity contribution >= 4 is 5.97 Å². The van der Waals surface area contributed by atoms with Crippen molar-refractivity contribution < 1.29 is 61.3 Å². The van der Waals surface area contributed by atoms with Gasteiger partial charge in [0, 0.05) is 0 Å². The van der Waals surface area contributed by atoms with E-state index >= 15 is 0 Å². The molecule has 0 atom stereocenters. The summed E-state index contributed by atoms with van der Waals surface area (Å²) in [6.45, 7) is 4.00. The monoisotopic (exact) mass is 190 g/mol. The molecule has 60 valence electrons. The van der Waals surface area contributed by atoms with Gasteiger partial charge in [0.25, 0.3) is 0 Å². The standard InChI is InChI=1S/C7H5O2.C2H6.K/c8-7(9)6-4-2-1-3-5-6;1-2;/h2-5H,(H,8,9);1-2H3;/q-1;;+1. The van der Waals surface area contributed by atoms with Gasteiger partial charge in [-0.2, -0.15) is 30.3 Å². The molecule has 0 aliphatic carbocycles. The van der Waals surface area contributed by atoms with Crippen LogP contribution >= 0.6 is 0 Å². The summed E-state index contributed by atoms with van der Waals surface area (Å²) in [4.78, 5) is 10.2. The normalized spacial score (nSPS) is 7.17. The second-order valence-corrected chi connectivity index (χ2v) is 1.59. The molecule has 0 heterocycles. The van der Waals surface area contributed by atoms with E-state index in [9.17, 15) is 4.79 Å². The number of rotatable bonds is 1. The molecule has 12 heavy (non-hydrogen) atoms. The van der Waals surface area contributed by atoms with Gasteiger partial charge in [-0.05, 0) is 5.56 Å². The first-order valence-electron chi connectivity index (χ1n) is 3.50. The zero-order valence-electron chi connectivity index (χ0n) is 7.66. The number of carboxylic acids is 1. The summed E-state index contributed by atoms with van der Waals surface area (Å²) in [5.74, 6) is -0.899. The maximum Gasteiger partial charge on any atom is 1.00 e. The van der Waals surface area contributed by atoms with Gasteiger partial charge in [-0.15, -0.1) is 0 Å². The van der Waals surface area contributed by atoms with Gasteiger partial charge in [-0.25, -0.2) is 4.79 Å². The Balaban J connectivity index is 0. The number of hydrogen-bond donors (Lipinski definition) is 1. The molecule has 0 fully saturated rings. The summed E-state index contributed by atoms with van der Waals surface area (Å²) in [5, 5.41) is 8.37. The van der Waals surface area contributed by atoms with Crippen LogP contribution < -0.4 is 51.4 Å². The molecular formula is C9H11KO2. The Morgan fingerprint density at radius 1 is 1.33 bits per heavy atom. The molecule has 3 heteroatoms. The number of hydrogen-bond acceptors (Lipinski definition) is 1. The fraction of sp³-hybridized carbons (Fsp3) is 0.222. The van der Waals surface area contributed by atoms with Crippen molar-refractivity contribution in [3.05, 3.63) is 35.9 Å². The van der Waals surface area contributed by atoms with Gasteiger partial charge in [-0.3, -0.25) is 0 Å². The number of carbonyl (C=O) groups is 1. The second kappa shape index (κ2) is 9.41. The predicted octanol–water partition coefficient (Wildman–Crippen LogP) is -0.785. The number of benzene rings is 1.